The Labute approximate surface area is 137 Å². The van der Waals surface area contributed by atoms with Gasteiger partial charge >= 0.3 is 0 Å². The zero-order valence-electron chi connectivity index (χ0n) is 12.9. The Kier molecular flexibility index (Phi) is 3.66. The monoisotopic (exact) mass is 320 g/mol. The summed E-state index contributed by atoms with van der Waals surface area (Å²) in [5.41, 5.74) is 1.40. The number of hydrogen-bond acceptors (Lipinski definition) is 5. The van der Waals surface area contributed by atoms with E-state index in [2.05, 4.69) is 25.5 Å². The number of hydrogen-bond donors (Lipinski definition) is 2. The average molecular weight is 320 g/mol. The van der Waals surface area contributed by atoms with Gasteiger partial charge in [-0.3, -0.25) is 14.2 Å². The van der Waals surface area contributed by atoms with Crippen molar-refractivity contribution in [2.45, 2.75) is 12.8 Å². The molecule has 120 valence electrons. The summed E-state index contributed by atoms with van der Waals surface area (Å²) in [6.45, 7) is 0.684. The van der Waals surface area contributed by atoms with E-state index in [4.69, 9.17) is 0 Å². The quantitative estimate of drug-likeness (QED) is 0.549. The molecule has 0 aliphatic carbocycles. The van der Waals surface area contributed by atoms with Crippen LogP contribution < -0.4 is 10.9 Å². The molecule has 0 saturated heterocycles. The molecule has 0 bridgehead atoms. The maximum Gasteiger partial charge on any atom is 0.260 e. The first kappa shape index (κ1) is 14.4. The van der Waals surface area contributed by atoms with E-state index >= 15 is 0 Å². The predicted molar refractivity (Wildman–Crippen MR) is 92.2 cm³/mol. The average Bonchev–Trinajstić information content (AvgIpc) is 3.02. The van der Waals surface area contributed by atoms with Crippen LogP contribution in [0, 0.1) is 0 Å². The second-order valence-corrected chi connectivity index (χ2v) is 5.51. The first-order valence-corrected chi connectivity index (χ1v) is 7.83. The van der Waals surface area contributed by atoms with Crippen molar-refractivity contribution < 1.29 is 0 Å². The van der Waals surface area contributed by atoms with Gasteiger partial charge in [0, 0.05) is 19.2 Å². The van der Waals surface area contributed by atoms with Crippen LogP contribution in [-0.4, -0.2) is 31.1 Å². The highest BCUT2D eigenvalue weighted by Crippen LogP contribution is 2.08. The van der Waals surface area contributed by atoms with Crippen LogP contribution in [0.2, 0.25) is 0 Å². The summed E-state index contributed by atoms with van der Waals surface area (Å²) in [7, 11) is 0. The van der Waals surface area contributed by atoms with Crippen molar-refractivity contribution in [1.29, 1.82) is 0 Å². The molecule has 0 atom stereocenters. The van der Waals surface area contributed by atoms with Gasteiger partial charge < -0.3 is 5.32 Å². The molecule has 7 nitrogen and oxygen atoms in total. The molecule has 0 amide bonds. The highest BCUT2D eigenvalue weighted by Gasteiger charge is 2.05. The number of fused-ring (bicyclic) bond motifs is 2. The normalized spacial score (nSPS) is 11.2. The summed E-state index contributed by atoms with van der Waals surface area (Å²) < 4.78 is 1.98. The summed E-state index contributed by atoms with van der Waals surface area (Å²) in [5, 5.41) is 12.1. The van der Waals surface area contributed by atoms with Gasteiger partial charge in [-0.15, -0.1) is 10.2 Å². The minimum Gasteiger partial charge on any atom is -0.356 e. The fraction of sp³-hybridized carbons (Fsp3) is 0.176. The number of nitrogens with one attached hydrogen (secondary N) is 2. The van der Waals surface area contributed by atoms with Crippen molar-refractivity contribution in [3.05, 3.63) is 64.8 Å². The van der Waals surface area contributed by atoms with Crippen LogP contribution in [0.3, 0.4) is 0 Å². The van der Waals surface area contributed by atoms with Crippen molar-refractivity contribution in [3.63, 3.8) is 0 Å². The molecule has 2 N–H and O–H groups in total. The molecular weight excluding hydrogens is 304 g/mol. The number of H-pyrrole nitrogens is 1. The topological polar surface area (TPSA) is 88.0 Å². The van der Waals surface area contributed by atoms with Crippen LogP contribution in [0.4, 0.5) is 5.95 Å². The first-order valence-electron chi connectivity index (χ1n) is 7.83. The van der Waals surface area contributed by atoms with Gasteiger partial charge in [0.05, 0.1) is 10.9 Å². The van der Waals surface area contributed by atoms with Gasteiger partial charge in [-0.1, -0.05) is 18.2 Å². The largest absolute Gasteiger partial charge is 0.356 e. The number of pyridine rings is 1. The van der Waals surface area contributed by atoms with Crippen molar-refractivity contribution in [1.82, 2.24) is 24.6 Å². The Morgan fingerprint density at radius 2 is 1.96 bits per heavy atom. The fourth-order valence-electron chi connectivity index (χ4n) is 2.68. The molecule has 4 rings (SSSR count). The number of aryl methyl sites for hydroxylation is 1. The van der Waals surface area contributed by atoms with E-state index in [1.807, 2.05) is 47.0 Å². The van der Waals surface area contributed by atoms with E-state index in [9.17, 15) is 4.79 Å². The van der Waals surface area contributed by atoms with Crippen LogP contribution in [0.25, 0.3) is 16.6 Å². The van der Waals surface area contributed by atoms with E-state index in [1.165, 1.54) is 0 Å². The molecule has 0 aliphatic rings. The zero-order valence-corrected chi connectivity index (χ0v) is 12.9. The van der Waals surface area contributed by atoms with Crippen LogP contribution in [0.15, 0.2) is 53.5 Å². The molecule has 0 unspecified atom stereocenters. The minimum absolute atomic E-state index is 0.133. The lowest BCUT2D eigenvalue weighted by Gasteiger charge is -2.06. The van der Waals surface area contributed by atoms with E-state index in [0.717, 1.165) is 24.3 Å². The molecule has 1 aromatic carbocycles. The Balaban J connectivity index is 1.42. The van der Waals surface area contributed by atoms with E-state index in [0.29, 0.717) is 23.4 Å². The SMILES string of the molecule is O=c1[nH]c(NCCCc2nnc3ccccn23)nc2ccccc12. The van der Waals surface area contributed by atoms with Gasteiger partial charge in [0.25, 0.3) is 5.56 Å². The Bertz CT molecular complexity index is 1050. The molecule has 3 aromatic heterocycles. The smallest absolute Gasteiger partial charge is 0.260 e. The molecule has 4 aromatic rings. The highest BCUT2D eigenvalue weighted by molar-refractivity contribution is 5.78. The van der Waals surface area contributed by atoms with Crippen LogP contribution in [0.5, 0.6) is 0 Å². The van der Waals surface area contributed by atoms with Crippen LogP contribution in [0.1, 0.15) is 12.2 Å². The summed E-state index contributed by atoms with van der Waals surface area (Å²) >= 11 is 0. The van der Waals surface area contributed by atoms with Crippen molar-refractivity contribution >= 4 is 22.5 Å². The summed E-state index contributed by atoms with van der Waals surface area (Å²) in [6.07, 6.45) is 3.60. The van der Waals surface area contributed by atoms with Gasteiger partial charge in [-0.2, -0.15) is 0 Å². The number of para-hydroxylation sites is 1. The summed E-state index contributed by atoms with van der Waals surface area (Å²) in [6, 6.07) is 13.1. The van der Waals surface area contributed by atoms with Crippen LogP contribution in [-0.2, 0) is 6.42 Å². The number of aromatic nitrogens is 5. The molecule has 0 aliphatic heterocycles. The minimum atomic E-state index is -0.133. The molecule has 0 fully saturated rings. The molecule has 24 heavy (non-hydrogen) atoms. The van der Waals surface area contributed by atoms with E-state index in [1.54, 1.807) is 6.07 Å². The fourth-order valence-corrected chi connectivity index (χ4v) is 2.68. The van der Waals surface area contributed by atoms with Gasteiger partial charge in [-0.05, 0) is 30.7 Å². The van der Waals surface area contributed by atoms with Gasteiger partial charge in [0.2, 0.25) is 5.95 Å². The third kappa shape index (κ3) is 2.71. The number of aromatic amines is 1. The zero-order chi connectivity index (χ0) is 16.4. The van der Waals surface area contributed by atoms with Crippen LogP contribution >= 0.6 is 0 Å². The lowest BCUT2D eigenvalue weighted by Crippen LogP contribution is -2.14. The van der Waals surface area contributed by atoms with Gasteiger partial charge in [-0.25, -0.2) is 4.98 Å². The second-order valence-electron chi connectivity index (χ2n) is 5.51. The standard InChI is InChI=1S/C17H16N6O/c24-16-12-6-1-2-7-13(12)19-17(20-16)18-10-5-9-15-22-21-14-8-3-4-11-23(14)15/h1-4,6-8,11H,5,9-10H2,(H2,18,19,20,24). The molecule has 0 spiro atoms. The molecule has 0 saturated carbocycles. The molecule has 7 heteroatoms. The Morgan fingerprint density at radius 3 is 2.92 bits per heavy atom. The van der Waals surface area contributed by atoms with Gasteiger partial charge in [0.15, 0.2) is 5.65 Å². The third-order valence-electron chi connectivity index (χ3n) is 3.87. The van der Waals surface area contributed by atoms with Crippen molar-refractivity contribution in [2.75, 3.05) is 11.9 Å². The van der Waals surface area contributed by atoms with E-state index < -0.39 is 0 Å². The van der Waals surface area contributed by atoms with Gasteiger partial charge in [0.1, 0.15) is 5.82 Å². The number of nitrogens with zero attached hydrogens (tertiary/aromatic N) is 4. The maximum absolute atomic E-state index is 12.0. The summed E-state index contributed by atoms with van der Waals surface area (Å²) in [4.78, 5) is 19.2. The number of rotatable bonds is 5. The Hall–Kier alpha value is -3.22. The predicted octanol–water partition coefficient (Wildman–Crippen LogP) is 2.01. The van der Waals surface area contributed by atoms with Crippen molar-refractivity contribution in [2.24, 2.45) is 0 Å². The van der Waals surface area contributed by atoms with Crippen molar-refractivity contribution in [3.8, 4) is 0 Å². The first-order chi connectivity index (χ1) is 11.8. The number of anilines is 1. The lowest BCUT2D eigenvalue weighted by molar-refractivity contribution is 0.784. The van der Waals surface area contributed by atoms with E-state index in [-0.39, 0.29) is 5.56 Å². The molecule has 0 radical (unpaired) electrons. The molecular formula is C17H16N6O. The maximum atomic E-state index is 12.0. The number of benzene rings is 1. The summed E-state index contributed by atoms with van der Waals surface area (Å²) in [5.74, 6) is 1.41. The third-order valence-corrected chi connectivity index (χ3v) is 3.87. The lowest BCUT2D eigenvalue weighted by atomic mass is 10.2. The molecule has 3 heterocycles. The second kappa shape index (κ2) is 6.11. The highest BCUT2D eigenvalue weighted by atomic mass is 16.1. The Morgan fingerprint density at radius 1 is 1.08 bits per heavy atom.